The second-order valence-electron chi connectivity index (χ2n) is 7.80. The van der Waals surface area contributed by atoms with E-state index in [0.29, 0.717) is 12.2 Å². The Kier molecular flexibility index (Phi) is 6.22. The minimum Gasteiger partial charge on any atom is -0.507 e. The Morgan fingerprint density at radius 1 is 0.897 bits per heavy atom. The molecule has 29 heavy (non-hydrogen) atoms. The molecule has 1 atom stereocenters. The summed E-state index contributed by atoms with van der Waals surface area (Å²) in [6, 6.07) is 10.6. The van der Waals surface area contributed by atoms with Crippen molar-refractivity contribution in [1.82, 2.24) is 16.0 Å². The summed E-state index contributed by atoms with van der Waals surface area (Å²) in [5, 5.41) is 21.1. The number of aromatic hydroxyl groups is 1. The summed E-state index contributed by atoms with van der Waals surface area (Å²) in [4.78, 5) is 0. The number of phenols is 1. The molecule has 1 aliphatic rings. The van der Waals surface area contributed by atoms with E-state index < -0.39 is 11.4 Å². The third-order valence-electron chi connectivity index (χ3n) is 6.46. The third kappa shape index (κ3) is 3.52. The van der Waals surface area contributed by atoms with Crippen LogP contribution in [0.4, 0.5) is 0 Å². The van der Waals surface area contributed by atoms with Crippen molar-refractivity contribution in [2.45, 2.75) is 57.8 Å². The van der Waals surface area contributed by atoms with Crippen molar-refractivity contribution in [3.63, 3.8) is 0 Å². The van der Waals surface area contributed by atoms with Gasteiger partial charge in [0.15, 0.2) is 5.72 Å². The maximum absolute atomic E-state index is 10.6. The van der Waals surface area contributed by atoms with Crippen LogP contribution in [0, 0.1) is 0 Å². The topological polar surface area (TPSA) is 65.5 Å². The lowest BCUT2D eigenvalue weighted by molar-refractivity contribution is -0.0316. The smallest absolute Gasteiger partial charge is 0.190 e. The Balaban J connectivity index is 2.22. The van der Waals surface area contributed by atoms with E-state index in [1.807, 2.05) is 21.1 Å². The molecule has 4 N–H and O–H groups in total. The summed E-state index contributed by atoms with van der Waals surface area (Å²) >= 11 is 0. The lowest BCUT2D eigenvalue weighted by atomic mass is 9.81. The van der Waals surface area contributed by atoms with Gasteiger partial charge in [0.05, 0.1) is 0 Å². The molecule has 0 bridgehead atoms. The van der Waals surface area contributed by atoms with Gasteiger partial charge in [0.25, 0.3) is 0 Å². The summed E-state index contributed by atoms with van der Waals surface area (Å²) in [6.07, 6.45) is 3.17. The van der Waals surface area contributed by atoms with Gasteiger partial charge < -0.3 is 9.84 Å². The zero-order chi connectivity index (χ0) is 21.2. The summed E-state index contributed by atoms with van der Waals surface area (Å²) < 4.78 is 6.68. The van der Waals surface area contributed by atoms with Crippen molar-refractivity contribution in [3.8, 4) is 11.5 Å². The van der Waals surface area contributed by atoms with Gasteiger partial charge in [0, 0.05) is 17.5 Å². The zero-order valence-electron chi connectivity index (χ0n) is 18.6. The Morgan fingerprint density at radius 2 is 1.52 bits per heavy atom. The Labute approximate surface area is 174 Å². The number of ether oxygens (including phenoxy) is 1. The minimum absolute atomic E-state index is 0.405. The molecule has 0 radical (unpaired) electrons. The summed E-state index contributed by atoms with van der Waals surface area (Å²) in [6.45, 7) is 6.30. The van der Waals surface area contributed by atoms with Gasteiger partial charge in [-0.2, -0.15) is 0 Å². The van der Waals surface area contributed by atoms with Crippen LogP contribution in [0.3, 0.4) is 0 Å². The van der Waals surface area contributed by atoms with Crippen LogP contribution < -0.4 is 20.7 Å². The molecule has 0 amide bonds. The molecule has 0 fully saturated rings. The highest BCUT2D eigenvalue weighted by Crippen LogP contribution is 2.46. The first kappa shape index (κ1) is 21.6. The van der Waals surface area contributed by atoms with E-state index in [2.05, 4.69) is 67.1 Å². The van der Waals surface area contributed by atoms with Crippen LogP contribution in [-0.4, -0.2) is 26.2 Å². The first-order valence-corrected chi connectivity index (χ1v) is 10.7. The molecule has 0 spiro atoms. The fourth-order valence-corrected chi connectivity index (χ4v) is 4.46. The molecule has 2 aromatic rings. The van der Waals surface area contributed by atoms with Gasteiger partial charge in [-0.15, -0.1) is 0 Å². The maximum atomic E-state index is 10.6. The quantitative estimate of drug-likeness (QED) is 0.539. The predicted octanol–water partition coefficient (Wildman–Crippen LogP) is 3.53. The fraction of sp³-hybridized carbons (Fsp3) is 0.500. The van der Waals surface area contributed by atoms with Gasteiger partial charge in [-0.1, -0.05) is 26.8 Å². The van der Waals surface area contributed by atoms with Crippen LogP contribution in [0.1, 0.15) is 55.0 Å². The van der Waals surface area contributed by atoms with Crippen molar-refractivity contribution in [3.05, 3.63) is 58.1 Å². The van der Waals surface area contributed by atoms with E-state index in [0.717, 1.165) is 47.3 Å². The molecule has 1 aliphatic heterocycles. The standard InChI is InChI=1S/C24H35N3O2/c1-7-16-10-11-21-20(12-16)23(25-4,26-5)15-24(27-6,29-21)19-13-17(8-2)22(28)18(9-3)14-19/h10-14,25-28H,7-9,15H2,1-6H3. The monoisotopic (exact) mass is 397 g/mol. The van der Waals surface area contributed by atoms with Gasteiger partial charge in [-0.25, -0.2) is 0 Å². The van der Waals surface area contributed by atoms with Crippen LogP contribution in [0.2, 0.25) is 0 Å². The highest BCUT2D eigenvalue weighted by Gasteiger charge is 2.49. The maximum Gasteiger partial charge on any atom is 0.190 e. The summed E-state index contributed by atoms with van der Waals surface area (Å²) in [5.74, 6) is 1.26. The third-order valence-corrected chi connectivity index (χ3v) is 6.46. The highest BCUT2D eigenvalue weighted by atomic mass is 16.5. The van der Waals surface area contributed by atoms with E-state index in [9.17, 15) is 5.11 Å². The number of benzene rings is 2. The van der Waals surface area contributed by atoms with Crippen molar-refractivity contribution in [2.24, 2.45) is 0 Å². The Hall–Kier alpha value is -2.08. The second kappa shape index (κ2) is 8.34. The largest absolute Gasteiger partial charge is 0.507 e. The van der Waals surface area contributed by atoms with Crippen LogP contribution in [0.15, 0.2) is 30.3 Å². The van der Waals surface area contributed by atoms with Crippen LogP contribution in [0.5, 0.6) is 11.5 Å². The number of hydrogen-bond donors (Lipinski definition) is 4. The number of fused-ring (bicyclic) bond motifs is 1. The van der Waals surface area contributed by atoms with E-state index in [-0.39, 0.29) is 0 Å². The number of rotatable bonds is 7. The van der Waals surface area contributed by atoms with Gasteiger partial charge in [-0.3, -0.25) is 16.0 Å². The molecule has 5 nitrogen and oxygen atoms in total. The van der Waals surface area contributed by atoms with Crippen molar-refractivity contribution >= 4 is 0 Å². The van der Waals surface area contributed by atoms with E-state index >= 15 is 0 Å². The van der Waals surface area contributed by atoms with Crippen LogP contribution in [-0.2, 0) is 30.7 Å². The molecule has 0 saturated carbocycles. The van der Waals surface area contributed by atoms with Gasteiger partial charge in [-0.05, 0) is 81.4 Å². The van der Waals surface area contributed by atoms with E-state index in [4.69, 9.17) is 4.74 Å². The van der Waals surface area contributed by atoms with E-state index in [1.165, 1.54) is 5.56 Å². The summed E-state index contributed by atoms with van der Waals surface area (Å²) in [5.41, 5.74) is 4.16. The number of aryl methyl sites for hydroxylation is 3. The first-order valence-electron chi connectivity index (χ1n) is 10.7. The number of nitrogens with one attached hydrogen (secondary N) is 3. The SMILES string of the molecule is CCc1ccc2c(c1)C(NC)(NC)CC(NC)(c1cc(CC)c(O)c(CC)c1)O2. The second-order valence-corrected chi connectivity index (χ2v) is 7.80. The molecule has 0 saturated heterocycles. The van der Waals surface area contributed by atoms with Crippen molar-refractivity contribution in [2.75, 3.05) is 21.1 Å². The van der Waals surface area contributed by atoms with Gasteiger partial charge in [0.2, 0.25) is 0 Å². The van der Waals surface area contributed by atoms with Crippen molar-refractivity contribution < 1.29 is 9.84 Å². The van der Waals surface area contributed by atoms with E-state index in [1.54, 1.807) is 0 Å². The lowest BCUT2D eigenvalue weighted by Crippen LogP contribution is -2.62. The minimum atomic E-state index is -0.728. The molecular formula is C24H35N3O2. The lowest BCUT2D eigenvalue weighted by Gasteiger charge is -2.49. The molecule has 0 aromatic heterocycles. The Morgan fingerprint density at radius 3 is 2.00 bits per heavy atom. The molecule has 0 aliphatic carbocycles. The van der Waals surface area contributed by atoms with Crippen molar-refractivity contribution in [1.29, 1.82) is 0 Å². The highest BCUT2D eigenvalue weighted by molar-refractivity contribution is 5.49. The van der Waals surface area contributed by atoms with Gasteiger partial charge in [0.1, 0.15) is 17.2 Å². The zero-order valence-corrected chi connectivity index (χ0v) is 18.6. The molecule has 158 valence electrons. The average molecular weight is 398 g/mol. The summed E-state index contributed by atoms with van der Waals surface area (Å²) in [7, 11) is 5.90. The van der Waals surface area contributed by atoms with Crippen LogP contribution >= 0.6 is 0 Å². The van der Waals surface area contributed by atoms with Gasteiger partial charge >= 0.3 is 0 Å². The predicted molar refractivity (Wildman–Crippen MR) is 118 cm³/mol. The normalized spacial score (nSPS) is 20.2. The molecule has 5 heteroatoms. The first-order chi connectivity index (χ1) is 13.9. The van der Waals surface area contributed by atoms with Crippen LogP contribution in [0.25, 0.3) is 0 Å². The molecule has 3 rings (SSSR count). The molecule has 2 aromatic carbocycles. The number of hydrogen-bond acceptors (Lipinski definition) is 5. The molecule has 1 heterocycles. The molecular weight excluding hydrogens is 362 g/mol. The average Bonchev–Trinajstić information content (AvgIpc) is 2.77. The number of phenolic OH excluding ortho intramolecular Hbond substituents is 1. The fourth-order valence-electron chi connectivity index (χ4n) is 4.46. The Bertz CT molecular complexity index is 851. The molecule has 1 unspecified atom stereocenters.